The van der Waals surface area contributed by atoms with Gasteiger partial charge in [0, 0.05) is 74.3 Å². The van der Waals surface area contributed by atoms with Gasteiger partial charge in [0.1, 0.15) is 11.4 Å². The highest BCUT2D eigenvalue weighted by molar-refractivity contribution is 5.85. The molecule has 38 heavy (non-hydrogen) atoms. The average molecular weight is 514 g/mol. The van der Waals surface area contributed by atoms with E-state index < -0.39 is 0 Å². The molecule has 2 amide bonds. The molecule has 1 aromatic carbocycles. The second kappa shape index (κ2) is 9.20. The quantitative estimate of drug-likeness (QED) is 0.538. The summed E-state index contributed by atoms with van der Waals surface area (Å²) in [6.07, 6.45) is 8.00. The third-order valence-electron chi connectivity index (χ3n) is 9.21. The topological polar surface area (TPSA) is 90.6 Å². The molecule has 4 aliphatic rings. The summed E-state index contributed by atoms with van der Waals surface area (Å²) in [6.45, 7) is 7.20. The minimum Gasteiger partial charge on any atom is -0.378 e. The van der Waals surface area contributed by atoms with Crippen LogP contribution < -0.4 is 5.32 Å². The van der Waals surface area contributed by atoms with Gasteiger partial charge in [-0.15, -0.1) is 0 Å². The molecule has 1 atom stereocenters. The van der Waals surface area contributed by atoms with Crippen LogP contribution in [0.4, 0.5) is 4.79 Å². The minimum atomic E-state index is 0.102. The standard InChI is InChI=1S/C30H35N5O3/c1-19-13-32-28-24(19)12-22(14-33-28)21-10-20-4-8-34(15-26(20)25(11-21)27-16-38-9-7-31-27)29(37)35-17-30(18-35)5-2-23(36)3-6-30/h10-14,27,31H,2-9,15-18H2,1H3,(H,32,33)/t27-/m0/s1. The summed E-state index contributed by atoms with van der Waals surface area (Å²) in [6, 6.07) is 7.04. The van der Waals surface area contributed by atoms with E-state index in [9.17, 15) is 9.59 Å². The molecule has 3 aromatic rings. The maximum absolute atomic E-state index is 13.5. The number of morpholine rings is 1. The number of nitrogens with zero attached hydrogens (tertiary/aromatic N) is 3. The summed E-state index contributed by atoms with van der Waals surface area (Å²) in [5.41, 5.74) is 8.34. The van der Waals surface area contributed by atoms with Crippen LogP contribution in [-0.2, 0) is 22.5 Å². The number of aryl methyl sites for hydroxylation is 1. The highest BCUT2D eigenvalue weighted by atomic mass is 16.5. The van der Waals surface area contributed by atoms with Crippen molar-refractivity contribution in [1.29, 1.82) is 0 Å². The second-order valence-electron chi connectivity index (χ2n) is 11.7. The summed E-state index contributed by atoms with van der Waals surface area (Å²) >= 11 is 0. The van der Waals surface area contributed by atoms with E-state index >= 15 is 0 Å². The number of urea groups is 1. The number of fused-ring (bicyclic) bond motifs is 2. The average Bonchev–Trinajstić information content (AvgIpc) is 3.31. The highest BCUT2D eigenvalue weighted by Gasteiger charge is 2.47. The smallest absolute Gasteiger partial charge is 0.320 e. The van der Waals surface area contributed by atoms with Gasteiger partial charge >= 0.3 is 6.03 Å². The zero-order chi connectivity index (χ0) is 25.9. The van der Waals surface area contributed by atoms with Crippen molar-refractivity contribution >= 4 is 22.8 Å². The van der Waals surface area contributed by atoms with E-state index in [4.69, 9.17) is 4.74 Å². The molecule has 7 rings (SSSR count). The predicted molar refractivity (Wildman–Crippen MR) is 145 cm³/mol. The Morgan fingerprint density at radius 2 is 1.95 bits per heavy atom. The molecule has 2 saturated heterocycles. The Hall–Kier alpha value is -3.23. The third kappa shape index (κ3) is 4.10. The van der Waals surface area contributed by atoms with Crippen LogP contribution in [-0.4, -0.2) is 71.0 Å². The number of pyridine rings is 1. The highest BCUT2D eigenvalue weighted by Crippen LogP contribution is 2.43. The molecule has 8 nitrogen and oxygen atoms in total. The summed E-state index contributed by atoms with van der Waals surface area (Å²) in [5.74, 6) is 0.374. The number of aromatic amines is 1. The molecule has 1 saturated carbocycles. The van der Waals surface area contributed by atoms with Gasteiger partial charge in [0.05, 0.1) is 19.3 Å². The largest absolute Gasteiger partial charge is 0.378 e. The number of amides is 2. The van der Waals surface area contributed by atoms with Gasteiger partial charge in [0.2, 0.25) is 0 Å². The van der Waals surface area contributed by atoms with Crippen LogP contribution in [0.1, 0.15) is 54.0 Å². The normalized spacial score (nSPS) is 23.0. The van der Waals surface area contributed by atoms with Crippen molar-refractivity contribution in [1.82, 2.24) is 25.1 Å². The van der Waals surface area contributed by atoms with E-state index in [-0.39, 0.29) is 17.5 Å². The summed E-state index contributed by atoms with van der Waals surface area (Å²) in [5, 5.41) is 4.79. The van der Waals surface area contributed by atoms with E-state index in [2.05, 4.69) is 40.4 Å². The Morgan fingerprint density at radius 3 is 2.74 bits per heavy atom. The van der Waals surface area contributed by atoms with E-state index in [1.54, 1.807) is 0 Å². The van der Waals surface area contributed by atoms with Crippen molar-refractivity contribution in [3.63, 3.8) is 0 Å². The molecular weight excluding hydrogens is 478 g/mol. The van der Waals surface area contributed by atoms with Crippen molar-refractivity contribution < 1.29 is 14.3 Å². The Bertz CT molecular complexity index is 1400. The fraction of sp³-hybridized carbons (Fsp3) is 0.500. The first-order valence-electron chi connectivity index (χ1n) is 13.9. The Kier molecular flexibility index (Phi) is 5.78. The van der Waals surface area contributed by atoms with Crippen LogP contribution in [0.5, 0.6) is 0 Å². The monoisotopic (exact) mass is 513 g/mol. The number of benzene rings is 1. The van der Waals surface area contributed by atoms with E-state index in [1.165, 1.54) is 22.3 Å². The number of Topliss-reactive ketones (excluding diaryl/α,β-unsaturated/α-hetero) is 1. The molecule has 5 heterocycles. The first-order valence-corrected chi connectivity index (χ1v) is 13.9. The van der Waals surface area contributed by atoms with Gasteiger partial charge in [-0.25, -0.2) is 9.78 Å². The van der Waals surface area contributed by atoms with Crippen LogP contribution in [0.3, 0.4) is 0 Å². The Morgan fingerprint density at radius 1 is 1.11 bits per heavy atom. The number of nitrogens with one attached hydrogen (secondary N) is 2. The zero-order valence-corrected chi connectivity index (χ0v) is 22.0. The number of likely N-dealkylation sites (tertiary alicyclic amines) is 1. The van der Waals surface area contributed by atoms with Crippen molar-refractivity contribution in [3.05, 3.63) is 52.8 Å². The molecule has 2 aromatic heterocycles. The SMILES string of the molecule is Cc1c[nH]c2ncc(-c3cc4c(c([C@@H]5COCCN5)c3)CN(C(=O)N3CC5(CCC(=O)CC5)C3)CC4)cc12. The van der Waals surface area contributed by atoms with E-state index in [0.717, 1.165) is 74.2 Å². The lowest BCUT2D eigenvalue weighted by molar-refractivity contribution is -0.125. The molecule has 1 spiro atoms. The van der Waals surface area contributed by atoms with Crippen LogP contribution in [0.2, 0.25) is 0 Å². The molecule has 0 radical (unpaired) electrons. The van der Waals surface area contributed by atoms with Crippen LogP contribution >= 0.6 is 0 Å². The molecule has 1 aliphatic carbocycles. The van der Waals surface area contributed by atoms with Crippen LogP contribution in [0, 0.1) is 12.3 Å². The molecule has 198 valence electrons. The number of aromatic nitrogens is 2. The first kappa shape index (κ1) is 23.9. The van der Waals surface area contributed by atoms with Crippen molar-refractivity contribution in [2.24, 2.45) is 5.41 Å². The summed E-state index contributed by atoms with van der Waals surface area (Å²) in [7, 11) is 0. The van der Waals surface area contributed by atoms with Crippen molar-refractivity contribution in [2.45, 2.75) is 51.6 Å². The maximum atomic E-state index is 13.5. The fourth-order valence-corrected chi connectivity index (χ4v) is 6.87. The fourth-order valence-electron chi connectivity index (χ4n) is 6.87. The van der Waals surface area contributed by atoms with Gasteiger partial charge in [-0.1, -0.05) is 6.07 Å². The molecule has 2 N–H and O–H groups in total. The lowest BCUT2D eigenvalue weighted by atomic mass is 9.68. The number of hydrogen-bond donors (Lipinski definition) is 2. The number of ether oxygens (including phenoxy) is 1. The van der Waals surface area contributed by atoms with Crippen LogP contribution in [0.15, 0.2) is 30.6 Å². The van der Waals surface area contributed by atoms with Crippen molar-refractivity contribution in [3.8, 4) is 11.1 Å². The molecule has 3 aliphatic heterocycles. The third-order valence-corrected chi connectivity index (χ3v) is 9.21. The molecule has 3 fully saturated rings. The van der Waals surface area contributed by atoms with E-state index in [0.29, 0.717) is 31.8 Å². The van der Waals surface area contributed by atoms with Gasteiger partial charge in [-0.05, 0) is 66.1 Å². The first-order chi connectivity index (χ1) is 18.5. The second-order valence-corrected chi connectivity index (χ2v) is 11.7. The molecule has 0 bridgehead atoms. The number of carbonyl (C=O) groups is 2. The Balaban J connectivity index is 1.17. The lowest BCUT2D eigenvalue weighted by Crippen LogP contribution is -2.62. The van der Waals surface area contributed by atoms with Gasteiger partial charge in [-0.3, -0.25) is 4.79 Å². The van der Waals surface area contributed by atoms with Gasteiger partial charge < -0.3 is 24.8 Å². The lowest BCUT2D eigenvalue weighted by Gasteiger charge is -2.53. The summed E-state index contributed by atoms with van der Waals surface area (Å²) < 4.78 is 5.85. The van der Waals surface area contributed by atoms with E-state index in [1.807, 2.05) is 22.2 Å². The van der Waals surface area contributed by atoms with Gasteiger partial charge in [0.25, 0.3) is 0 Å². The summed E-state index contributed by atoms with van der Waals surface area (Å²) in [4.78, 5) is 37.1. The predicted octanol–water partition coefficient (Wildman–Crippen LogP) is 4.12. The number of ketones is 1. The zero-order valence-electron chi connectivity index (χ0n) is 22.0. The minimum absolute atomic E-state index is 0.102. The van der Waals surface area contributed by atoms with Gasteiger partial charge in [0.15, 0.2) is 0 Å². The Labute approximate surface area is 222 Å². The van der Waals surface area contributed by atoms with Crippen LogP contribution in [0.25, 0.3) is 22.2 Å². The van der Waals surface area contributed by atoms with Gasteiger partial charge in [-0.2, -0.15) is 0 Å². The number of H-pyrrole nitrogens is 1. The molecular formula is C30H35N5O3. The molecule has 0 unspecified atom stereocenters. The molecule has 8 heteroatoms. The number of carbonyl (C=O) groups excluding carboxylic acids is 2. The number of hydrogen-bond acceptors (Lipinski definition) is 5. The maximum Gasteiger partial charge on any atom is 0.320 e. The number of rotatable bonds is 2. The van der Waals surface area contributed by atoms with Crippen molar-refractivity contribution in [2.75, 3.05) is 39.4 Å².